The van der Waals surface area contributed by atoms with Crippen LogP contribution in [0.4, 0.5) is 5.69 Å². The van der Waals surface area contributed by atoms with E-state index >= 15 is 0 Å². The minimum atomic E-state index is -0.521. The Balaban J connectivity index is 0.000000583. The van der Waals surface area contributed by atoms with Crippen molar-refractivity contribution in [1.29, 1.82) is 0 Å². The zero-order chi connectivity index (χ0) is 11.8. The predicted octanol–water partition coefficient (Wildman–Crippen LogP) is 3.36. The fourth-order valence-corrected chi connectivity index (χ4v) is 0.819. The molecule has 0 bridgehead atoms. The van der Waals surface area contributed by atoms with Crippen molar-refractivity contribution in [2.45, 2.75) is 20.3 Å². The van der Waals surface area contributed by atoms with Crippen LogP contribution in [-0.4, -0.2) is 10.0 Å². The summed E-state index contributed by atoms with van der Waals surface area (Å²) >= 11 is 0. The molecule has 4 nitrogen and oxygen atoms in total. The van der Waals surface area contributed by atoms with E-state index in [1.165, 1.54) is 30.7 Å². The zero-order valence-electron chi connectivity index (χ0n) is 8.93. The molecule has 0 aromatic heterocycles. The lowest BCUT2D eigenvalue weighted by molar-refractivity contribution is -0.384. The monoisotopic (exact) mass is 209 g/mol. The number of hydrogen-bond donors (Lipinski definition) is 1. The Hall–Kier alpha value is -1.84. The third-order valence-corrected chi connectivity index (χ3v) is 1.44. The van der Waals surface area contributed by atoms with Gasteiger partial charge in [-0.2, -0.15) is 0 Å². The standard InChI is InChI=1S/C8H7NO3.C3H8/c1-2-6-5-7(9(11)12)3-4-8(6)10;1-3-2/h2-5,10H,1H2;3H2,1-2H3. The van der Waals surface area contributed by atoms with Crippen LogP contribution in [-0.2, 0) is 0 Å². The molecule has 0 saturated heterocycles. The minimum absolute atomic E-state index is 0.00407. The van der Waals surface area contributed by atoms with Gasteiger partial charge in [-0.05, 0) is 6.07 Å². The van der Waals surface area contributed by atoms with E-state index in [9.17, 15) is 10.1 Å². The predicted molar refractivity (Wildman–Crippen MR) is 60.8 cm³/mol. The normalized spacial score (nSPS) is 8.67. The summed E-state index contributed by atoms with van der Waals surface area (Å²) in [6.45, 7) is 7.66. The summed E-state index contributed by atoms with van der Waals surface area (Å²) < 4.78 is 0. The van der Waals surface area contributed by atoms with Crippen LogP contribution in [0.15, 0.2) is 24.8 Å². The molecule has 82 valence electrons. The maximum atomic E-state index is 10.3. The first-order valence-electron chi connectivity index (χ1n) is 4.66. The van der Waals surface area contributed by atoms with Crippen molar-refractivity contribution in [3.05, 3.63) is 40.5 Å². The van der Waals surface area contributed by atoms with Gasteiger partial charge < -0.3 is 5.11 Å². The molecule has 0 saturated carbocycles. The van der Waals surface area contributed by atoms with E-state index < -0.39 is 4.92 Å². The van der Waals surface area contributed by atoms with Crippen molar-refractivity contribution in [3.63, 3.8) is 0 Å². The van der Waals surface area contributed by atoms with Crippen LogP contribution >= 0.6 is 0 Å². The number of nitro groups is 1. The van der Waals surface area contributed by atoms with E-state index in [1.807, 2.05) is 0 Å². The average Bonchev–Trinajstić information content (AvgIpc) is 2.19. The summed E-state index contributed by atoms with van der Waals surface area (Å²) in [6, 6.07) is 3.78. The van der Waals surface area contributed by atoms with Crippen molar-refractivity contribution in [2.24, 2.45) is 0 Å². The highest BCUT2D eigenvalue weighted by Crippen LogP contribution is 2.23. The molecule has 0 aliphatic heterocycles. The van der Waals surface area contributed by atoms with Crippen molar-refractivity contribution in [2.75, 3.05) is 0 Å². The van der Waals surface area contributed by atoms with Gasteiger partial charge in [0.1, 0.15) is 5.75 Å². The molecule has 0 fully saturated rings. The first-order chi connectivity index (χ1) is 7.06. The largest absolute Gasteiger partial charge is 0.507 e. The first-order valence-corrected chi connectivity index (χ1v) is 4.66. The number of benzene rings is 1. The molecule has 4 heteroatoms. The molecule has 0 aliphatic rings. The molecule has 0 unspecified atom stereocenters. The smallest absolute Gasteiger partial charge is 0.270 e. The molecular formula is C11H15NO3. The number of hydrogen-bond acceptors (Lipinski definition) is 3. The van der Waals surface area contributed by atoms with Gasteiger partial charge in [0.05, 0.1) is 4.92 Å². The summed E-state index contributed by atoms with van der Waals surface area (Å²) in [4.78, 5) is 9.75. The highest BCUT2D eigenvalue weighted by molar-refractivity contribution is 5.58. The van der Waals surface area contributed by atoms with Gasteiger partial charge in [-0.25, -0.2) is 0 Å². The van der Waals surface area contributed by atoms with Gasteiger partial charge in [0, 0.05) is 17.7 Å². The molecule has 1 aromatic carbocycles. The number of phenols is 1. The highest BCUT2D eigenvalue weighted by atomic mass is 16.6. The highest BCUT2D eigenvalue weighted by Gasteiger charge is 2.07. The van der Waals surface area contributed by atoms with E-state index in [1.54, 1.807) is 0 Å². The Kier molecular flexibility index (Phi) is 5.78. The summed E-state index contributed by atoms with van der Waals surface area (Å²) in [5, 5.41) is 19.4. The second-order valence-corrected chi connectivity index (χ2v) is 2.91. The fraction of sp³-hybridized carbons (Fsp3) is 0.273. The van der Waals surface area contributed by atoms with Gasteiger partial charge in [0.2, 0.25) is 0 Å². The molecule has 1 rings (SSSR count). The molecular weight excluding hydrogens is 194 g/mol. The van der Waals surface area contributed by atoms with Gasteiger partial charge in [-0.1, -0.05) is 32.9 Å². The average molecular weight is 209 g/mol. The zero-order valence-corrected chi connectivity index (χ0v) is 8.93. The van der Waals surface area contributed by atoms with Gasteiger partial charge in [0.25, 0.3) is 5.69 Å². The van der Waals surface area contributed by atoms with E-state index in [0.717, 1.165) is 0 Å². The fourth-order valence-electron chi connectivity index (χ4n) is 0.819. The molecule has 0 heterocycles. The van der Waals surface area contributed by atoms with E-state index in [4.69, 9.17) is 5.11 Å². The summed E-state index contributed by atoms with van der Waals surface area (Å²) in [5.41, 5.74) is 0.312. The van der Waals surface area contributed by atoms with Gasteiger partial charge >= 0.3 is 0 Å². The molecule has 0 aliphatic carbocycles. The third kappa shape index (κ3) is 4.26. The molecule has 0 spiro atoms. The lowest BCUT2D eigenvalue weighted by Gasteiger charge is -1.97. The van der Waals surface area contributed by atoms with E-state index in [2.05, 4.69) is 20.4 Å². The lowest BCUT2D eigenvalue weighted by Crippen LogP contribution is -1.87. The quantitative estimate of drug-likeness (QED) is 0.600. The Morgan fingerprint density at radius 3 is 2.47 bits per heavy atom. The van der Waals surface area contributed by atoms with E-state index in [-0.39, 0.29) is 11.4 Å². The Morgan fingerprint density at radius 1 is 1.53 bits per heavy atom. The molecule has 15 heavy (non-hydrogen) atoms. The molecule has 1 N–H and O–H groups in total. The number of nitro benzene ring substituents is 1. The third-order valence-electron chi connectivity index (χ3n) is 1.44. The van der Waals surface area contributed by atoms with Crippen LogP contribution in [0.3, 0.4) is 0 Å². The number of aromatic hydroxyl groups is 1. The Bertz CT molecular complexity index is 348. The van der Waals surface area contributed by atoms with Crippen LogP contribution in [0.2, 0.25) is 0 Å². The van der Waals surface area contributed by atoms with Gasteiger partial charge in [-0.15, -0.1) is 0 Å². The van der Waals surface area contributed by atoms with Crippen LogP contribution in [0, 0.1) is 10.1 Å². The van der Waals surface area contributed by atoms with E-state index in [0.29, 0.717) is 5.56 Å². The SMILES string of the molecule is C=Cc1cc([N+](=O)[O-])ccc1O.CCC. The van der Waals surface area contributed by atoms with Crippen LogP contribution in [0.5, 0.6) is 5.75 Å². The second kappa shape index (κ2) is 6.59. The molecule has 0 amide bonds. The summed E-state index contributed by atoms with van der Waals surface area (Å²) in [6.07, 6.45) is 2.61. The van der Waals surface area contributed by atoms with Crippen molar-refractivity contribution in [1.82, 2.24) is 0 Å². The maximum absolute atomic E-state index is 10.3. The summed E-state index contributed by atoms with van der Waals surface area (Å²) in [5.74, 6) is -0.00407. The summed E-state index contributed by atoms with van der Waals surface area (Å²) in [7, 11) is 0. The Labute approximate surface area is 89.0 Å². The first kappa shape index (κ1) is 13.2. The minimum Gasteiger partial charge on any atom is -0.507 e. The van der Waals surface area contributed by atoms with Crippen molar-refractivity contribution < 1.29 is 10.0 Å². The lowest BCUT2D eigenvalue weighted by atomic mass is 10.2. The Morgan fingerprint density at radius 2 is 2.07 bits per heavy atom. The van der Waals surface area contributed by atoms with Crippen LogP contribution in [0.25, 0.3) is 6.08 Å². The number of non-ortho nitro benzene ring substituents is 1. The maximum Gasteiger partial charge on any atom is 0.270 e. The van der Waals surface area contributed by atoms with Gasteiger partial charge in [0.15, 0.2) is 0 Å². The second-order valence-electron chi connectivity index (χ2n) is 2.91. The number of rotatable bonds is 2. The topological polar surface area (TPSA) is 63.4 Å². The van der Waals surface area contributed by atoms with Crippen LogP contribution < -0.4 is 0 Å². The van der Waals surface area contributed by atoms with Crippen molar-refractivity contribution in [3.8, 4) is 5.75 Å². The van der Waals surface area contributed by atoms with Gasteiger partial charge in [-0.3, -0.25) is 10.1 Å². The van der Waals surface area contributed by atoms with Crippen molar-refractivity contribution >= 4 is 11.8 Å². The van der Waals surface area contributed by atoms with Crippen LogP contribution in [0.1, 0.15) is 25.8 Å². The molecule has 1 aromatic rings. The number of nitrogens with zero attached hydrogens (tertiary/aromatic N) is 1. The molecule has 0 atom stereocenters. The molecule has 0 radical (unpaired) electrons. The number of phenolic OH excluding ortho intramolecular Hbond substituents is 1.